The summed E-state index contributed by atoms with van der Waals surface area (Å²) < 4.78 is 5.53. The van der Waals surface area contributed by atoms with Gasteiger partial charge < -0.3 is 10.5 Å². The van der Waals surface area contributed by atoms with Gasteiger partial charge in [0.05, 0.1) is 16.8 Å². The Morgan fingerprint density at radius 3 is 2.57 bits per heavy atom. The van der Waals surface area contributed by atoms with E-state index in [1.54, 1.807) is 11.3 Å². The van der Waals surface area contributed by atoms with Crippen LogP contribution < -0.4 is 11.1 Å². The molecule has 0 saturated carbocycles. The molecule has 3 amide bonds. The highest BCUT2D eigenvalue weighted by atomic mass is 32.1. The molecule has 3 aromatic rings. The number of aromatic nitrogens is 1. The topological polar surface area (TPSA) is 111 Å². The Hall–Kier alpha value is -3.52. The van der Waals surface area contributed by atoms with Crippen molar-refractivity contribution in [2.75, 3.05) is 0 Å². The molecule has 2 heterocycles. The summed E-state index contributed by atoms with van der Waals surface area (Å²) in [6.07, 6.45) is 2.46. The van der Waals surface area contributed by atoms with E-state index in [2.05, 4.69) is 32.9 Å². The van der Waals surface area contributed by atoms with E-state index in [0.717, 1.165) is 28.1 Å². The average Bonchev–Trinajstić information content (AvgIpc) is 3.29. The maximum atomic E-state index is 13.5. The maximum absolute atomic E-state index is 13.5. The number of amides is 3. The van der Waals surface area contributed by atoms with Crippen LogP contribution in [-0.4, -0.2) is 29.0 Å². The molecule has 3 N–H and O–H groups in total. The lowest BCUT2D eigenvalue weighted by Crippen LogP contribution is -2.42. The number of allylic oxidation sites excluding steroid dienone is 1. The minimum absolute atomic E-state index is 0.00624. The number of carbonyl (C=O) groups is 3. The number of nitrogens with zero attached hydrogens (tertiary/aromatic N) is 1. The Balaban J connectivity index is 1.87. The molecular formula is C27H29N3O4S. The Bertz CT molecular complexity index is 1320. The van der Waals surface area contributed by atoms with E-state index >= 15 is 0 Å². The predicted molar refractivity (Wildman–Crippen MR) is 138 cm³/mol. The standard InChI is InChI=1S/C27H29N3O4S/c1-15(24(31)30-26(28)33)34-25(32)22-19-9-5-6-10-21(19)29-23-16(13-18-8-7-11-35-18)12-17(14-20(22)23)27(2,3)4/h5-11,13,15,17H,12,14H2,1-4H3,(H3,28,30,31,33)/b16-13+/t15-,17-/m1/s1. The highest BCUT2D eigenvalue weighted by Crippen LogP contribution is 2.45. The average molecular weight is 492 g/mol. The fourth-order valence-electron chi connectivity index (χ4n) is 4.41. The number of hydrogen-bond acceptors (Lipinski definition) is 6. The number of ether oxygens (including phenoxy) is 1. The number of primary amides is 1. The highest BCUT2D eigenvalue weighted by Gasteiger charge is 2.36. The van der Waals surface area contributed by atoms with Crippen molar-refractivity contribution in [2.24, 2.45) is 17.1 Å². The van der Waals surface area contributed by atoms with E-state index in [0.29, 0.717) is 22.9 Å². The largest absolute Gasteiger partial charge is 0.449 e. The molecule has 2 aromatic heterocycles. The van der Waals surface area contributed by atoms with Gasteiger partial charge >= 0.3 is 12.0 Å². The zero-order valence-electron chi connectivity index (χ0n) is 20.3. The number of pyridine rings is 1. The molecular weight excluding hydrogens is 462 g/mol. The molecule has 0 spiro atoms. The smallest absolute Gasteiger partial charge is 0.339 e. The number of nitrogens with two attached hydrogens (primary N) is 1. The molecule has 4 rings (SSSR count). The van der Waals surface area contributed by atoms with Crippen LogP contribution in [0.25, 0.3) is 22.6 Å². The van der Waals surface area contributed by atoms with Gasteiger partial charge in [-0.1, -0.05) is 45.0 Å². The fourth-order valence-corrected chi connectivity index (χ4v) is 5.09. The normalized spacial score (nSPS) is 17.6. The third-order valence-electron chi connectivity index (χ3n) is 6.40. The first kappa shape index (κ1) is 24.6. The van der Waals surface area contributed by atoms with Gasteiger partial charge in [-0.15, -0.1) is 11.3 Å². The number of nitrogens with one attached hydrogen (secondary N) is 1. The molecule has 182 valence electrons. The minimum atomic E-state index is -1.19. The monoisotopic (exact) mass is 491 g/mol. The summed E-state index contributed by atoms with van der Waals surface area (Å²) in [6.45, 7) is 8.02. The fraction of sp³-hybridized carbons (Fsp3) is 0.333. The van der Waals surface area contributed by atoms with E-state index < -0.39 is 24.0 Å². The quantitative estimate of drug-likeness (QED) is 0.488. The van der Waals surface area contributed by atoms with Gasteiger partial charge in [-0.3, -0.25) is 10.1 Å². The lowest BCUT2D eigenvalue weighted by atomic mass is 9.69. The molecule has 7 nitrogen and oxygen atoms in total. The van der Waals surface area contributed by atoms with Crippen LogP contribution in [0.1, 0.15) is 60.6 Å². The Morgan fingerprint density at radius 2 is 1.91 bits per heavy atom. The second kappa shape index (κ2) is 9.62. The van der Waals surface area contributed by atoms with Gasteiger partial charge in [0.15, 0.2) is 6.10 Å². The maximum Gasteiger partial charge on any atom is 0.339 e. The van der Waals surface area contributed by atoms with Crippen LogP contribution in [0.3, 0.4) is 0 Å². The van der Waals surface area contributed by atoms with Gasteiger partial charge in [0, 0.05) is 10.3 Å². The van der Waals surface area contributed by atoms with Gasteiger partial charge in [0.25, 0.3) is 5.91 Å². The summed E-state index contributed by atoms with van der Waals surface area (Å²) in [6, 6.07) is 10.5. The molecule has 1 aromatic carbocycles. The molecule has 0 radical (unpaired) electrons. The number of urea groups is 1. The second-order valence-electron chi connectivity index (χ2n) is 9.89. The van der Waals surface area contributed by atoms with Gasteiger partial charge in [-0.05, 0) is 65.8 Å². The molecule has 0 saturated heterocycles. The minimum Gasteiger partial charge on any atom is -0.449 e. The highest BCUT2D eigenvalue weighted by molar-refractivity contribution is 7.10. The van der Waals surface area contributed by atoms with E-state index in [1.165, 1.54) is 6.92 Å². The number of carbonyl (C=O) groups excluding carboxylic acids is 3. The van der Waals surface area contributed by atoms with E-state index in [4.69, 9.17) is 15.5 Å². The van der Waals surface area contributed by atoms with Gasteiger partial charge in [0.1, 0.15) is 0 Å². The summed E-state index contributed by atoms with van der Waals surface area (Å²) in [5.41, 5.74) is 8.82. The molecule has 0 aliphatic heterocycles. The summed E-state index contributed by atoms with van der Waals surface area (Å²) in [5.74, 6) is -1.13. The molecule has 2 atom stereocenters. The SMILES string of the molecule is C[C@@H](OC(=O)c1c2c(nc3ccccc13)/C(=C/c1cccs1)C[C@@H](C(C)(C)C)C2)C(=O)NC(N)=O. The van der Waals surface area contributed by atoms with Crippen molar-refractivity contribution < 1.29 is 19.1 Å². The van der Waals surface area contributed by atoms with Crippen molar-refractivity contribution in [1.29, 1.82) is 0 Å². The van der Waals surface area contributed by atoms with Gasteiger partial charge in [-0.25, -0.2) is 14.6 Å². The first-order chi connectivity index (χ1) is 16.5. The predicted octanol–water partition coefficient (Wildman–Crippen LogP) is 5.19. The lowest BCUT2D eigenvalue weighted by Gasteiger charge is -2.36. The zero-order valence-corrected chi connectivity index (χ0v) is 21.1. The van der Waals surface area contributed by atoms with Crippen LogP contribution in [0, 0.1) is 11.3 Å². The van der Waals surface area contributed by atoms with Crippen LogP contribution in [0.15, 0.2) is 41.8 Å². The number of hydrogen-bond donors (Lipinski definition) is 2. The number of imide groups is 1. The number of rotatable bonds is 4. The Morgan fingerprint density at radius 1 is 1.17 bits per heavy atom. The third-order valence-corrected chi connectivity index (χ3v) is 7.22. The Labute approximate surface area is 208 Å². The number of esters is 1. The molecule has 0 bridgehead atoms. The van der Waals surface area contributed by atoms with Crippen molar-refractivity contribution >= 4 is 51.8 Å². The summed E-state index contributed by atoms with van der Waals surface area (Å²) in [5, 5.41) is 4.66. The first-order valence-corrected chi connectivity index (χ1v) is 12.4. The van der Waals surface area contributed by atoms with Gasteiger partial charge in [-0.2, -0.15) is 0 Å². The van der Waals surface area contributed by atoms with Gasteiger partial charge in [0.2, 0.25) is 0 Å². The van der Waals surface area contributed by atoms with E-state index in [-0.39, 0.29) is 11.3 Å². The molecule has 0 unspecified atom stereocenters. The van der Waals surface area contributed by atoms with Crippen LogP contribution in [0.4, 0.5) is 4.79 Å². The van der Waals surface area contributed by atoms with Crippen molar-refractivity contribution in [3.63, 3.8) is 0 Å². The van der Waals surface area contributed by atoms with Crippen molar-refractivity contribution in [3.8, 4) is 0 Å². The number of benzene rings is 1. The number of fused-ring (bicyclic) bond motifs is 2. The van der Waals surface area contributed by atoms with Crippen molar-refractivity contribution in [1.82, 2.24) is 10.3 Å². The van der Waals surface area contributed by atoms with Crippen LogP contribution >= 0.6 is 11.3 Å². The molecule has 35 heavy (non-hydrogen) atoms. The summed E-state index contributed by atoms with van der Waals surface area (Å²) in [7, 11) is 0. The van der Waals surface area contributed by atoms with Crippen LogP contribution in [0.5, 0.6) is 0 Å². The number of thiophene rings is 1. The zero-order chi connectivity index (χ0) is 25.3. The van der Waals surface area contributed by atoms with Crippen molar-refractivity contribution in [3.05, 3.63) is 63.5 Å². The van der Waals surface area contributed by atoms with Crippen molar-refractivity contribution in [2.45, 2.75) is 46.6 Å². The molecule has 1 aliphatic rings. The lowest BCUT2D eigenvalue weighted by molar-refractivity contribution is -0.127. The van der Waals surface area contributed by atoms with E-state index in [1.807, 2.05) is 41.0 Å². The molecule has 8 heteroatoms. The first-order valence-electron chi connectivity index (χ1n) is 11.5. The van der Waals surface area contributed by atoms with Crippen LogP contribution in [-0.2, 0) is 16.0 Å². The third kappa shape index (κ3) is 5.27. The summed E-state index contributed by atoms with van der Waals surface area (Å²) >= 11 is 1.65. The molecule has 0 fully saturated rings. The second-order valence-corrected chi connectivity index (χ2v) is 10.9. The van der Waals surface area contributed by atoms with E-state index in [9.17, 15) is 14.4 Å². The Kier molecular flexibility index (Phi) is 6.76. The van der Waals surface area contributed by atoms with Crippen LogP contribution in [0.2, 0.25) is 0 Å². The number of para-hydroxylation sites is 1. The molecule has 1 aliphatic carbocycles. The summed E-state index contributed by atoms with van der Waals surface area (Å²) in [4.78, 5) is 42.9.